The van der Waals surface area contributed by atoms with E-state index in [4.69, 9.17) is 4.74 Å². The Bertz CT molecular complexity index is 1380. The van der Waals surface area contributed by atoms with Gasteiger partial charge in [-0.05, 0) is 76.7 Å². The Morgan fingerprint density at radius 1 is 0.471 bits per heavy atom. The molecule has 1 amide bonds. The molecule has 0 aliphatic carbocycles. The molecular formula is C62H105NO5. The molecule has 0 aromatic carbocycles. The average Bonchev–Trinajstić information content (AvgIpc) is 3.33. The number of aliphatic hydroxyl groups excluding tert-OH is 2. The van der Waals surface area contributed by atoms with Gasteiger partial charge in [-0.25, -0.2) is 0 Å². The molecule has 0 heterocycles. The van der Waals surface area contributed by atoms with E-state index in [1.165, 1.54) is 109 Å². The molecule has 3 N–H and O–H groups in total. The predicted octanol–water partition coefficient (Wildman–Crippen LogP) is 17.5. The minimum atomic E-state index is -0.831. The fourth-order valence-corrected chi connectivity index (χ4v) is 7.93. The number of esters is 1. The number of carbonyl (C=O) groups excluding carboxylic acids is 2. The Morgan fingerprint density at radius 3 is 1.35 bits per heavy atom. The highest BCUT2D eigenvalue weighted by Gasteiger charge is 2.23. The van der Waals surface area contributed by atoms with Crippen molar-refractivity contribution in [3.8, 4) is 0 Å². The zero-order chi connectivity index (χ0) is 49.5. The molecule has 0 aromatic heterocycles. The first-order valence-electron chi connectivity index (χ1n) is 28.2. The van der Waals surface area contributed by atoms with Gasteiger partial charge in [0.15, 0.2) is 0 Å². The number of hydrogen-bond acceptors (Lipinski definition) is 5. The van der Waals surface area contributed by atoms with Crippen molar-refractivity contribution in [2.45, 2.75) is 264 Å². The summed E-state index contributed by atoms with van der Waals surface area (Å²) >= 11 is 0. The molecule has 0 rings (SSSR count). The van der Waals surface area contributed by atoms with Crippen LogP contribution in [-0.2, 0) is 14.3 Å². The summed E-state index contributed by atoms with van der Waals surface area (Å²) in [5.41, 5.74) is 0. The van der Waals surface area contributed by atoms with Gasteiger partial charge in [0.25, 0.3) is 0 Å². The van der Waals surface area contributed by atoms with E-state index in [1.54, 1.807) is 6.08 Å². The second-order valence-electron chi connectivity index (χ2n) is 18.7. The number of allylic oxidation sites excluding steroid dienone is 17. The molecule has 0 fully saturated rings. The van der Waals surface area contributed by atoms with E-state index in [9.17, 15) is 19.8 Å². The number of ether oxygens (including phenoxy) is 1. The molecule has 388 valence electrons. The highest BCUT2D eigenvalue weighted by molar-refractivity contribution is 5.78. The summed E-state index contributed by atoms with van der Waals surface area (Å²) in [6.07, 6.45) is 74.6. The Hall–Kier alpha value is -3.48. The van der Waals surface area contributed by atoms with Crippen LogP contribution in [0.5, 0.6) is 0 Å². The van der Waals surface area contributed by atoms with E-state index in [-0.39, 0.29) is 24.9 Å². The predicted molar refractivity (Wildman–Crippen MR) is 296 cm³/mol. The molecule has 3 unspecified atom stereocenters. The molecular weight excluding hydrogens is 839 g/mol. The highest BCUT2D eigenvalue weighted by atomic mass is 16.5. The van der Waals surface area contributed by atoms with Gasteiger partial charge in [0.1, 0.15) is 6.10 Å². The van der Waals surface area contributed by atoms with Crippen molar-refractivity contribution < 1.29 is 24.5 Å². The molecule has 0 saturated heterocycles. The molecule has 0 aliphatic heterocycles. The van der Waals surface area contributed by atoms with E-state index in [2.05, 4.69) is 123 Å². The fraction of sp³-hybridized carbons (Fsp3) is 0.677. The molecule has 0 aromatic rings. The van der Waals surface area contributed by atoms with E-state index in [0.29, 0.717) is 19.3 Å². The lowest BCUT2D eigenvalue weighted by Crippen LogP contribution is -2.46. The van der Waals surface area contributed by atoms with E-state index in [1.807, 2.05) is 6.08 Å². The van der Waals surface area contributed by atoms with Crippen LogP contribution < -0.4 is 5.32 Å². The number of hydrogen-bond donors (Lipinski definition) is 3. The van der Waals surface area contributed by atoms with Gasteiger partial charge in [0.2, 0.25) is 5.91 Å². The van der Waals surface area contributed by atoms with Gasteiger partial charge in [-0.3, -0.25) is 9.59 Å². The molecule has 3 atom stereocenters. The van der Waals surface area contributed by atoms with Crippen molar-refractivity contribution in [3.05, 3.63) is 109 Å². The first-order valence-corrected chi connectivity index (χ1v) is 28.2. The van der Waals surface area contributed by atoms with Crippen molar-refractivity contribution >= 4 is 11.9 Å². The van der Waals surface area contributed by atoms with Gasteiger partial charge in [-0.15, -0.1) is 0 Å². The number of carbonyl (C=O) groups is 2. The van der Waals surface area contributed by atoms with Crippen molar-refractivity contribution in [2.75, 3.05) is 6.61 Å². The summed E-state index contributed by atoms with van der Waals surface area (Å²) in [4.78, 5) is 26.2. The Labute approximate surface area is 419 Å². The summed E-state index contributed by atoms with van der Waals surface area (Å²) in [6, 6.07) is -0.755. The first kappa shape index (κ1) is 64.5. The average molecular weight is 945 g/mol. The molecule has 6 nitrogen and oxygen atoms in total. The van der Waals surface area contributed by atoms with Crippen LogP contribution in [0.1, 0.15) is 245 Å². The third kappa shape index (κ3) is 49.0. The highest BCUT2D eigenvalue weighted by Crippen LogP contribution is 2.16. The van der Waals surface area contributed by atoms with E-state index in [0.717, 1.165) is 89.9 Å². The van der Waals surface area contributed by atoms with Gasteiger partial charge in [0.05, 0.1) is 25.2 Å². The minimum absolute atomic E-state index is 0.0616. The van der Waals surface area contributed by atoms with Gasteiger partial charge in [0, 0.05) is 6.42 Å². The Morgan fingerprint density at radius 2 is 0.868 bits per heavy atom. The Balaban J connectivity index is 4.71. The standard InChI is InChI=1S/C62H105NO5/c1-4-7-10-13-16-19-22-25-28-30-32-34-37-40-43-46-49-52-55-62(67)68-58(53-50-47-44-41-38-35-27-24-21-18-15-12-9-6-3)56-61(66)63-59(57-64)60(65)54-51-48-45-42-39-36-33-31-29-26-23-20-17-14-11-8-5-2/h9,12,16,18-19,21-22,25,27-28,30,32,34-35,41,44,50,53,58-60,64-65H,4-8,10-11,13-15,17,20,23-24,26,29,31,33,36-40,42-43,45-49,51-52,54-57H2,1-3H3,(H,63,66)/b12-9+,19-16+,21-18+,25-22+,30-28+,34-32+,35-27+,44-41+,53-50+. The number of amides is 1. The van der Waals surface area contributed by atoms with E-state index < -0.39 is 18.2 Å². The number of aliphatic hydroxyl groups is 2. The maximum absolute atomic E-state index is 13.2. The lowest BCUT2D eigenvalue weighted by Gasteiger charge is -2.23. The summed E-state index contributed by atoms with van der Waals surface area (Å²) in [7, 11) is 0. The van der Waals surface area contributed by atoms with Crippen LogP contribution in [0, 0.1) is 0 Å². The molecule has 0 spiro atoms. The summed E-state index contributed by atoms with van der Waals surface area (Å²) in [6.45, 7) is 6.30. The van der Waals surface area contributed by atoms with Crippen LogP contribution in [0.25, 0.3) is 0 Å². The van der Waals surface area contributed by atoms with Crippen LogP contribution in [0.4, 0.5) is 0 Å². The maximum atomic E-state index is 13.2. The van der Waals surface area contributed by atoms with Gasteiger partial charge in [-0.1, -0.05) is 265 Å². The second kappa shape index (κ2) is 54.5. The van der Waals surface area contributed by atoms with Crippen molar-refractivity contribution in [2.24, 2.45) is 0 Å². The SMILES string of the molecule is CC/C=C/C/C=C/C/C=C/C/C=C/C/C=C/C(CC(=O)NC(CO)C(O)CCCCCCCCCCCCCCCCCCC)OC(=O)CCCCCCC/C=C/C=C/C=C/C=C/CCCCC. The quantitative estimate of drug-likeness (QED) is 0.0244. The van der Waals surface area contributed by atoms with Crippen molar-refractivity contribution in [1.82, 2.24) is 5.32 Å². The molecule has 6 heteroatoms. The lowest BCUT2D eigenvalue weighted by molar-refractivity contribution is -0.148. The molecule has 0 aliphatic rings. The fourth-order valence-electron chi connectivity index (χ4n) is 7.93. The number of rotatable bonds is 49. The summed E-state index contributed by atoms with van der Waals surface area (Å²) in [5, 5.41) is 23.8. The largest absolute Gasteiger partial charge is 0.458 e. The first-order chi connectivity index (χ1) is 33.5. The Kier molecular flexibility index (Phi) is 51.7. The molecule has 0 bridgehead atoms. The topological polar surface area (TPSA) is 95.9 Å². The summed E-state index contributed by atoms with van der Waals surface area (Å²) < 4.78 is 5.83. The zero-order valence-corrected chi connectivity index (χ0v) is 44.2. The maximum Gasteiger partial charge on any atom is 0.306 e. The lowest BCUT2D eigenvalue weighted by atomic mass is 10.0. The molecule has 0 radical (unpaired) electrons. The second-order valence-corrected chi connectivity index (χ2v) is 18.7. The van der Waals surface area contributed by atoms with Gasteiger partial charge >= 0.3 is 5.97 Å². The normalized spacial score (nSPS) is 14.0. The van der Waals surface area contributed by atoms with Crippen LogP contribution in [-0.4, -0.2) is 46.9 Å². The third-order valence-corrected chi connectivity index (χ3v) is 12.2. The monoisotopic (exact) mass is 944 g/mol. The third-order valence-electron chi connectivity index (χ3n) is 12.2. The van der Waals surface area contributed by atoms with Crippen LogP contribution in [0.3, 0.4) is 0 Å². The number of nitrogens with one attached hydrogen (secondary N) is 1. The zero-order valence-electron chi connectivity index (χ0n) is 44.2. The smallest absolute Gasteiger partial charge is 0.306 e. The van der Waals surface area contributed by atoms with E-state index >= 15 is 0 Å². The van der Waals surface area contributed by atoms with Gasteiger partial charge < -0.3 is 20.3 Å². The van der Waals surface area contributed by atoms with Crippen LogP contribution in [0.2, 0.25) is 0 Å². The van der Waals surface area contributed by atoms with Crippen molar-refractivity contribution in [3.63, 3.8) is 0 Å². The van der Waals surface area contributed by atoms with Crippen LogP contribution in [0.15, 0.2) is 109 Å². The number of unbranched alkanes of at least 4 members (excludes halogenated alkanes) is 24. The summed E-state index contributed by atoms with van der Waals surface area (Å²) in [5.74, 6) is -0.660. The minimum Gasteiger partial charge on any atom is -0.458 e. The van der Waals surface area contributed by atoms with Crippen LogP contribution >= 0.6 is 0 Å². The molecule has 68 heavy (non-hydrogen) atoms. The van der Waals surface area contributed by atoms with Crippen molar-refractivity contribution in [1.29, 1.82) is 0 Å². The molecule has 0 saturated carbocycles. The van der Waals surface area contributed by atoms with Gasteiger partial charge in [-0.2, -0.15) is 0 Å².